The van der Waals surface area contributed by atoms with Gasteiger partial charge in [-0.05, 0) is 57.7 Å². The van der Waals surface area contributed by atoms with Crippen molar-refractivity contribution in [1.82, 2.24) is 15.1 Å². The topological polar surface area (TPSA) is 58.1 Å². The molecule has 0 aliphatic carbocycles. The fraction of sp³-hybridized carbons (Fsp3) is 0.500. The highest BCUT2D eigenvalue weighted by atomic mass is 32.2. The van der Waals surface area contributed by atoms with E-state index in [2.05, 4.69) is 48.4 Å². The van der Waals surface area contributed by atoms with E-state index in [0.717, 1.165) is 28.0 Å². The number of carbonyl (C=O) groups excluding carboxylic acids is 1. The van der Waals surface area contributed by atoms with Crippen molar-refractivity contribution in [2.45, 2.75) is 56.5 Å². The molecule has 1 amide bonds. The van der Waals surface area contributed by atoms with E-state index < -0.39 is 0 Å². The average Bonchev–Trinajstić information content (AvgIpc) is 3.00. The van der Waals surface area contributed by atoms with Crippen LogP contribution in [-0.2, 0) is 4.79 Å². The number of thioether (sulfide) groups is 1. The van der Waals surface area contributed by atoms with Gasteiger partial charge in [-0.1, -0.05) is 35.2 Å². The van der Waals surface area contributed by atoms with Crippen molar-refractivity contribution in [3.8, 4) is 0 Å². The van der Waals surface area contributed by atoms with Crippen molar-refractivity contribution in [3.63, 3.8) is 0 Å². The molecule has 0 spiro atoms. The Labute approximate surface area is 157 Å². The fourth-order valence-corrected chi connectivity index (χ4v) is 4.92. The van der Waals surface area contributed by atoms with Gasteiger partial charge in [-0.25, -0.2) is 0 Å². The van der Waals surface area contributed by atoms with E-state index in [1.54, 1.807) is 0 Å². The zero-order valence-corrected chi connectivity index (χ0v) is 16.5. The normalized spacial score (nSPS) is 20.5. The molecule has 0 bridgehead atoms. The Kier molecular flexibility index (Phi) is 5.96. The van der Waals surface area contributed by atoms with E-state index in [9.17, 15) is 4.79 Å². The monoisotopic (exact) mass is 376 g/mol. The molecule has 1 aromatic heterocycles. The first-order valence-electron chi connectivity index (χ1n) is 8.64. The van der Waals surface area contributed by atoms with Crippen molar-refractivity contribution < 1.29 is 4.79 Å². The second-order valence-corrected chi connectivity index (χ2v) is 8.79. The number of likely N-dealkylation sites (tertiary alicyclic amines) is 1. The highest BCUT2D eigenvalue weighted by molar-refractivity contribution is 8.01. The van der Waals surface area contributed by atoms with Gasteiger partial charge in [0, 0.05) is 17.8 Å². The van der Waals surface area contributed by atoms with Gasteiger partial charge >= 0.3 is 0 Å². The third-order valence-corrected chi connectivity index (χ3v) is 6.43. The number of amides is 1. The first-order valence-corrected chi connectivity index (χ1v) is 10.4. The molecule has 2 heterocycles. The average molecular weight is 377 g/mol. The Bertz CT molecular complexity index is 723. The van der Waals surface area contributed by atoms with E-state index in [1.807, 2.05) is 17.0 Å². The van der Waals surface area contributed by atoms with Crippen LogP contribution in [-0.4, -0.2) is 38.8 Å². The summed E-state index contributed by atoms with van der Waals surface area (Å²) in [7, 11) is 0. The quantitative estimate of drug-likeness (QED) is 0.780. The van der Waals surface area contributed by atoms with E-state index in [0.29, 0.717) is 17.8 Å². The molecule has 0 unspecified atom stereocenters. The summed E-state index contributed by atoms with van der Waals surface area (Å²) in [6, 6.07) is 8.81. The molecule has 1 saturated heterocycles. The van der Waals surface area contributed by atoms with E-state index in [1.165, 1.54) is 35.1 Å². The van der Waals surface area contributed by atoms with Crippen LogP contribution in [0, 0.1) is 6.92 Å². The number of nitrogens with one attached hydrogen (secondary N) is 1. The molecule has 1 aliphatic heterocycles. The van der Waals surface area contributed by atoms with Crippen LogP contribution in [0.1, 0.15) is 38.7 Å². The van der Waals surface area contributed by atoms with Crippen molar-refractivity contribution >= 4 is 39.8 Å². The summed E-state index contributed by atoms with van der Waals surface area (Å²) in [6.45, 7) is 6.35. The Morgan fingerprint density at radius 2 is 2.08 bits per heavy atom. The summed E-state index contributed by atoms with van der Waals surface area (Å²) in [5.74, 6) is 0.626. The number of benzene rings is 1. The minimum absolute atomic E-state index is 0.202. The molecule has 5 nitrogen and oxygen atoms in total. The van der Waals surface area contributed by atoms with Crippen LogP contribution < -0.4 is 5.32 Å². The summed E-state index contributed by atoms with van der Waals surface area (Å²) in [5, 5.41) is 12.4. The molecule has 7 heteroatoms. The molecule has 2 aromatic rings. The maximum absolute atomic E-state index is 12.6. The minimum atomic E-state index is 0.202. The Morgan fingerprint density at radius 3 is 2.80 bits per heavy atom. The second-order valence-electron chi connectivity index (χ2n) is 6.59. The largest absolute Gasteiger partial charge is 0.337 e. The fourth-order valence-electron chi connectivity index (χ4n) is 3.28. The summed E-state index contributed by atoms with van der Waals surface area (Å²) >= 11 is 2.96. The first kappa shape index (κ1) is 18.2. The molecule has 0 saturated carbocycles. The summed E-state index contributed by atoms with van der Waals surface area (Å²) in [6.07, 6.45) is 3.41. The summed E-state index contributed by atoms with van der Waals surface area (Å²) in [4.78, 5) is 14.6. The van der Waals surface area contributed by atoms with Gasteiger partial charge in [-0.3, -0.25) is 4.79 Å². The highest BCUT2D eigenvalue weighted by Gasteiger charge is 2.28. The van der Waals surface area contributed by atoms with Crippen molar-refractivity contribution in [2.24, 2.45) is 0 Å². The number of hydrogen-bond acceptors (Lipinski definition) is 6. The number of aromatic nitrogens is 2. The van der Waals surface area contributed by atoms with Crippen LogP contribution in [0.15, 0.2) is 28.6 Å². The number of anilines is 2. The number of rotatable bonds is 5. The third-order valence-electron chi connectivity index (χ3n) is 4.48. The lowest BCUT2D eigenvalue weighted by Gasteiger charge is -2.39. The van der Waals surface area contributed by atoms with Gasteiger partial charge in [0.15, 0.2) is 4.34 Å². The third kappa shape index (κ3) is 4.73. The first-order chi connectivity index (χ1) is 12.0. The van der Waals surface area contributed by atoms with Crippen LogP contribution in [0.4, 0.5) is 10.8 Å². The molecule has 134 valence electrons. The number of carbonyl (C=O) groups is 1. The van der Waals surface area contributed by atoms with E-state index in [4.69, 9.17) is 0 Å². The van der Waals surface area contributed by atoms with E-state index >= 15 is 0 Å². The number of piperidine rings is 1. The van der Waals surface area contributed by atoms with Crippen LogP contribution in [0.5, 0.6) is 0 Å². The molecule has 0 radical (unpaired) electrons. The van der Waals surface area contributed by atoms with Crippen molar-refractivity contribution in [2.75, 3.05) is 11.1 Å². The highest BCUT2D eigenvalue weighted by Crippen LogP contribution is 2.29. The van der Waals surface area contributed by atoms with Gasteiger partial charge in [0.05, 0.1) is 5.75 Å². The Morgan fingerprint density at radius 1 is 1.32 bits per heavy atom. The molecule has 1 aromatic carbocycles. The minimum Gasteiger partial charge on any atom is -0.337 e. The smallest absolute Gasteiger partial charge is 0.233 e. The van der Waals surface area contributed by atoms with Gasteiger partial charge in [0.2, 0.25) is 11.0 Å². The predicted octanol–water partition coefficient (Wildman–Crippen LogP) is 4.47. The number of aryl methyl sites for hydroxylation is 1. The van der Waals surface area contributed by atoms with Gasteiger partial charge in [0.25, 0.3) is 0 Å². The molecule has 1 N–H and O–H groups in total. The van der Waals surface area contributed by atoms with E-state index in [-0.39, 0.29) is 5.91 Å². The van der Waals surface area contributed by atoms with Crippen LogP contribution in [0.25, 0.3) is 0 Å². The zero-order valence-electron chi connectivity index (χ0n) is 14.9. The van der Waals surface area contributed by atoms with Crippen LogP contribution in [0.3, 0.4) is 0 Å². The van der Waals surface area contributed by atoms with Gasteiger partial charge in [-0.2, -0.15) is 0 Å². The predicted molar refractivity (Wildman–Crippen MR) is 105 cm³/mol. The Hall–Kier alpha value is -1.60. The van der Waals surface area contributed by atoms with Crippen LogP contribution >= 0.6 is 23.1 Å². The molecular weight excluding hydrogens is 352 g/mol. The molecule has 3 rings (SSSR count). The zero-order chi connectivity index (χ0) is 17.8. The summed E-state index contributed by atoms with van der Waals surface area (Å²) in [5.41, 5.74) is 2.19. The lowest BCUT2D eigenvalue weighted by atomic mass is 9.98. The standard InChI is InChI=1S/C18H24N4OS2/c1-12-6-4-9-15(10-12)19-17-20-21-18(25-17)24-11-16(23)22-13(2)7-5-8-14(22)3/h4,6,9-10,13-14H,5,7-8,11H2,1-3H3,(H,19,20)/t13-,14+. The number of nitrogens with zero attached hydrogens (tertiary/aromatic N) is 3. The Balaban J connectivity index is 1.55. The lowest BCUT2D eigenvalue weighted by molar-refractivity contribution is -0.134. The maximum atomic E-state index is 12.6. The van der Waals surface area contributed by atoms with Crippen molar-refractivity contribution in [3.05, 3.63) is 29.8 Å². The van der Waals surface area contributed by atoms with Gasteiger partial charge in [-0.15, -0.1) is 10.2 Å². The maximum Gasteiger partial charge on any atom is 0.233 e. The second kappa shape index (κ2) is 8.19. The molecular formula is C18H24N4OS2. The number of hydrogen-bond donors (Lipinski definition) is 1. The molecule has 2 atom stereocenters. The van der Waals surface area contributed by atoms with Gasteiger partial charge in [0.1, 0.15) is 0 Å². The molecule has 1 fully saturated rings. The van der Waals surface area contributed by atoms with Gasteiger partial charge < -0.3 is 10.2 Å². The van der Waals surface area contributed by atoms with Crippen LogP contribution in [0.2, 0.25) is 0 Å². The lowest BCUT2D eigenvalue weighted by Crippen LogP contribution is -2.48. The molecule has 25 heavy (non-hydrogen) atoms. The SMILES string of the molecule is Cc1cccc(Nc2nnc(SCC(=O)N3[C@H](C)CCC[C@@H]3C)s2)c1. The summed E-state index contributed by atoms with van der Waals surface area (Å²) < 4.78 is 0.820. The van der Waals surface area contributed by atoms with Crippen molar-refractivity contribution in [1.29, 1.82) is 0 Å². The molecule has 1 aliphatic rings.